The number of aliphatic hydroxyl groups excluding tert-OH is 2. The number of carbonyl (C=O) groups excluding carboxylic acids is 2. The van der Waals surface area contributed by atoms with E-state index in [1.54, 1.807) is 45.2 Å². The van der Waals surface area contributed by atoms with Gasteiger partial charge in [0.05, 0.1) is 37.0 Å². The highest BCUT2D eigenvalue weighted by Crippen LogP contribution is 2.25. The summed E-state index contributed by atoms with van der Waals surface area (Å²) in [5.74, 6) is 0. The van der Waals surface area contributed by atoms with Crippen molar-refractivity contribution in [1.82, 2.24) is 39.3 Å². The van der Waals surface area contributed by atoms with Gasteiger partial charge in [0.15, 0.2) is 11.3 Å². The van der Waals surface area contributed by atoms with Crippen LogP contribution in [0.25, 0.3) is 22.3 Å². The maximum absolute atomic E-state index is 12.4. The number of pyridine rings is 2. The van der Waals surface area contributed by atoms with Crippen LogP contribution in [0.5, 0.6) is 0 Å². The molecule has 4 aromatic heterocycles. The summed E-state index contributed by atoms with van der Waals surface area (Å²) in [6, 6.07) is 7.04. The summed E-state index contributed by atoms with van der Waals surface area (Å²) >= 11 is 0. The Morgan fingerprint density at radius 3 is 1.68 bits per heavy atom. The number of aliphatic hydroxyl groups is 2. The van der Waals surface area contributed by atoms with Gasteiger partial charge in [-0.2, -0.15) is 13.2 Å². The fraction of sp³-hybridized carbons (Fsp3) is 0.543. The Morgan fingerprint density at radius 1 is 0.887 bits per heavy atom. The average molecular weight is 750 g/mol. The van der Waals surface area contributed by atoms with Crippen LogP contribution >= 0.6 is 0 Å². The van der Waals surface area contributed by atoms with Crippen LogP contribution in [0.2, 0.25) is 0 Å². The normalized spacial score (nSPS) is 15.6. The van der Waals surface area contributed by atoms with E-state index in [0.29, 0.717) is 66.5 Å². The first kappa shape index (κ1) is 41.0. The molecule has 2 saturated heterocycles. The second-order valence-corrected chi connectivity index (χ2v) is 12.9. The number of ether oxygens (including phenoxy) is 1. The largest absolute Gasteiger partial charge is 0.446 e. The van der Waals surface area contributed by atoms with E-state index in [-0.39, 0.29) is 42.5 Å². The molecule has 1 amide bonds. The van der Waals surface area contributed by atoms with Gasteiger partial charge in [-0.3, -0.25) is 23.5 Å². The van der Waals surface area contributed by atoms with Crippen molar-refractivity contribution in [3.8, 4) is 0 Å². The first-order chi connectivity index (χ1) is 25.5. The molecule has 0 aromatic carbocycles. The van der Waals surface area contributed by atoms with Crippen molar-refractivity contribution in [2.75, 3.05) is 26.2 Å². The molecule has 0 bridgehead atoms. The number of nitrogens with one attached hydrogen (secondary N) is 1. The van der Waals surface area contributed by atoms with E-state index in [2.05, 4.69) is 25.3 Å². The number of aldehydes is 1. The van der Waals surface area contributed by atoms with Crippen LogP contribution in [0, 0.1) is 0 Å². The lowest BCUT2D eigenvalue weighted by Crippen LogP contribution is -2.43. The van der Waals surface area contributed by atoms with Gasteiger partial charge >= 0.3 is 12.3 Å². The number of halogens is 3. The number of aromatic nitrogens is 6. The molecule has 53 heavy (non-hydrogen) atoms. The number of nitrogens with zero attached hydrogens (tertiary/aromatic N) is 7. The van der Waals surface area contributed by atoms with Crippen LogP contribution in [0.15, 0.2) is 46.2 Å². The second-order valence-electron chi connectivity index (χ2n) is 12.9. The van der Waals surface area contributed by atoms with Crippen LogP contribution in [0.1, 0.15) is 85.1 Å². The predicted molar refractivity (Wildman–Crippen MR) is 190 cm³/mol. The molecule has 6 heterocycles. The van der Waals surface area contributed by atoms with Crippen molar-refractivity contribution >= 4 is 34.7 Å². The molecule has 18 heteroatoms. The Labute approximate surface area is 305 Å². The fourth-order valence-electron chi connectivity index (χ4n) is 5.68. The van der Waals surface area contributed by atoms with Crippen LogP contribution in [0.4, 0.5) is 18.0 Å². The minimum Gasteiger partial charge on any atom is -0.444 e. The molecule has 3 N–H and O–H groups in total. The summed E-state index contributed by atoms with van der Waals surface area (Å²) in [6.45, 7) is 10.3. The fourth-order valence-corrected chi connectivity index (χ4v) is 5.68. The van der Waals surface area contributed by atoms with Crippen molar-refractivity contribution in [3.63, 3.8) is 0 Å². The number of fused-ring (bicyclic) bond motifs is 2. The standard InChI is InChI=1S/C18H24N4O4.C13H16N4O2.C2HF3O.C2H6/c1-18(2,3)26-17(25)21-8-6-13(7-9-21)22-15(24)10-19-14-5-4-12(11-23)20-16(14)22;18-8-9-1-2-11-13(16-9)17(12(19)7-15-11)10-3-5-14-6-4-10;3-2(4,5)1-6;1-2/h4-5,10,13,23H,6-9,11H2,1-3H3;1-2,7,10,14,18H,3-6,8H2;1H;1-2H3/i;;;1D. The maximum Gasteiger partial charge on any atom is 0.446 e. The van der Waals surface area contributed by atoms with Crippen LogP contribution < -0.4 is 16.4 Å². The molecule has 2 aliphatic heterocycles. The zero-order valence-electron chi connectivity index (χ0n) is 31.2. The molecule has 0 unspecified atom stereocenters. The van der Waals surface area contributed by atoms with Crippen LogP contribution in [-0.2, 0) is 22.7 Å². The van der Waals surface area contributed by atoms with Gasteiger partial charge in [-0.25, -0.2) is 24.7 Å². The zero-order valence-corrected chi connectivity index (χ0v) is 30.2. The van der Waals surface area contributed by atoms with Crippen molar-refractivity contribution in [3.05, 3.63) is 68.8 Å². The highest BCUT2D eigenvalue weighted by Gasteiger charge is 2.29. The lowest BCUT2D eigenvalue weighted by Gasteiger charge is -2.34. The van der Waals surface area contributed by atoms with E-state index < -0.39 is 18.1 Å². The predicted octanol–water partition coefficient (Wildman–Crippen LogP) is 3.84. The molecule has 0 spiro atoms. The van der Waals surface area contributed by atoms with Crippen molar-refractivity contribution in [2.45, 2.75) is 97.4 Å². The molecule has 4 aromatic rings. The molecule has 0 aliphatic carbocycles. The molecule has 290 valence electrons. The van der Waals surface area contributed by atoms with E-state index in [4.69, 9.17) is 10.9 Å². The molecule has 6 rings (SSSR count). The molecule has 0 atom stereocenters. The molecule has 0 radical (unpaired) electrons. The van der Waals surface area contributed by atoms with E-state index >= 15 is 0 Å². The summed E-state index contributed by atoms with van der Waals surface area (Å²) in [4.78, 5) is 64.1. The second kappa shape index (κ2) is 19.3. The number of rotatable bonds is 4. The molecule has 2 aliphatic rings. The quantitative estimate of drug-likeness (QED) is 0.256. The van der Waals surface area contributed by atoms with Crippen LogP contribution in [-0.4, -0.2) is 94.5 Å². The highest BCUT2D eigenvalue weighted by atomic mass is 19.4. The smallest absolute Gasteiger partial charge is 0.444 e. The lowest BCUT2D eigenvalue weighted by atomic mass is 10.0. The molecular formula is C35H47F3N8O7. The average Bonchev–Trinajstić information content (AvgIpc) is 3.14. The summed E-state index contributed by atoms with van der Waals surface area (Å²) < 4.78 is 46.2. The van der Waals surface area contributed by atoms with Crippen LogP contribution in [0.3, 0.4) is 0 Å². The van der Waals surface area contributed by atoms with E-state index in [1.165, 1.54) is 12.4 Å². The van der Waals surface area contributed by atoms with Gasteiger partial charge in [-0.1, -0.05) is 13.8 Å². The summed E-state index contributed by atoms with van der Waals surface area (Å²) in [7, 11) is 0. The lowest BCUT2D eigenvalue weighted by molar-refractivity contribution is -0.156. The van der Waals surface area contributed by atoms with E-state index in [0.717, 1.165) is 25.9 Å². The topological polar surface area (TPSA) is 195 Å². The molecule has 15 nitrogen and oxygen atoms in total. The monoisotopic (exact) mass is 749 g/mol. The highest BCUT2D eigenvalue weighted by molar-refractivity contribution is 5.71. The molecule has 2 fully saturated rings. The Morgan fingerprint density at radius 2 is 1.30 bits per heavy atom. The number of carbonyl (C=O) groups is 2. The molecule has 0 saturated carbocycles. The van der Waals surface area contributed by atoms with Gasteiger partial charge < -0.3 is 25.2 Å². The first-order valence-electron chi connectivity index (χ1n) is 17.7. The van der Waals surface area contributed by atoms with Crippen molar-refractivity contribution in [1.29, 1.82) is 0 Å². The van der Waals surface area contributed by atoms with Crippen molar-refractivity contribution in [2.24, 2.45) is 0 Å². The SMILES string of the molecule is CC(C)(C)OC(=O)N1CCC(n2c(=O)cnc3ccc(CO)nc32)CC1.O=CC(F)(F)F.O=c1cnc2ccc(CO)nc2n1C1CCNCC1.[2H]CC. The number of likely N-dealkylation sites (tertiary alicyclic amines) is 1. The Bertz CT molecular complexity index is 1960. The van der Waals surface area contributed by atoms with Gasteiger partial charge in [-0.15, -0.1) is 0 Å². The summed E-state index contributed by atoms with van der Waals surface area (Å²) in [5.41, 5.74) is 2.51. The number of alkyl halides is 3. The first-order valence-corrected chi connectivity index (χ1v) is 17.0. The van der Waals surface area contributed by atoms with Gasteiger partial charge in [0.25, 0.3) is 11.1 Å². The zero-order chi connectivity index (χ0) is 40.1. The minimum absolute atomic E-state index is 0.0758. The van der Waals surface area contributed by atoms with Gasteiger partial charge in [-0.05, 0) is 83.8 Å². The number of amides is 1. The third-order valence-electron chi connectivity index (χ3n) is 8.00. The summed E-state index contributed by atoms with van der Waals surface area (Å²) in [6.07, 6.45) is -0.315. The minimum atomic E-state index is -4.64. The third-order valence-corrected chi connectivity index (χ3v) is 8.00. The van der Waals surface area contributed by atoms with Gasteiger partial charge in [0.2, 0.25) is 6.29 Å². The van der Waals surface area contributed by atoms with E-state index in [1.807, 2.05) is 20.8 Å². The van der Waals surface area contributed by atoms with Crippen molar-refractivity contribution < 1.29 is 39.1 Å². The number of hydrogen-bond acceptors (Lipinski definition) is 12. The third kappa shape index (κ3) is 12.1. The number of piperidine rings is 2. The maximum atomic E-state index is 12.4. The van der Waals surface area contributed by atoms with E-state index in [9.17, 15) is 37.8 Å². The number of hydrogen-bond donors (Lipinski definition) is 3. The Kier molecular flexibility index (Phi) is 14.9. The Hall–Kier alpha value is -4.81. The van der Waals surface area contributed by atoms with Gasteiger partial charge in [0.1, 0.15) is 16.6 Å². The summed E-state index contributed by atoms with van der Waals surface area (Å²) in [5, 5.41) is 21.8. The Balaban J connectivity index is 0.000000244. The van der Waals surface area contributed by atoms with Gasteiger partial charge in [0, 0.05) is 26.5 Å². The molecular weight excluding hydrogens is 701 g/mol.